The predicted octanol–water partition coefficient (Wildman–Crippen LogP) is 3.72. The van der Waals surface area contributed by atoms with Gasteiger partial charge in [0.1, 0.15) is 0 Å². The Bertz CT molecular complexity index is 451. The third-order valence-electron chi connectivity index (χ3n) is 3.60. The van der Waals surface area contributed by atoms with E-state index in [2.05, 4.69) is 10.5 Å². The highest BCUT2D eigenvalue weighted by Crippen LogP contribution is 2.27. The molecule has 1 N–H and O–H groups in total. The van der Waals surface area contributed by atoms with Crippen LogP contribution in [0.2, 0.25) is 0 Å². The first kappa shape index (κ1) is 14.6. The lowest BCUT2D eigenvalue weighted by atomic mass is 9.83. The lowest BCUT2D eigenvalue weighted by molar-refractivity contribution is 0.152. The topological polar surface area (TPSA) is 50.7 Å². The Balaban J connectivity index is 2.15. The van der Waals surface area contributed by atoms with Crippen molar-refractivity contribution in [2.24, 2.45) is 11.0 Å². The lowest BCUT2D eigenvalue weighted by Gasteiger charge is -2.23. The minimum absolute atomic E-state index is 0.353. The van der Waals surface area contributed by atoms with Gasteiger partial charge in [0.25, 0.3) is 0 Å². The van der Waals surface area contributed by atoms with Crippen LogP contribution in [0.3, 0.4) is 0 Å². The molecule has 0 spiro atoms. The number of nitrogens with zero attached hydrogens (tertiary/aromatic N) is 1. The summed E-state index contributed by atoms with van der Waals surface area (Å²) >= 11 is 0. The Morgan fingerprint density at radius 3 is 2.60 bits per heavy atom. The van der Waals surface area contributed by atoms with Gasteiger partial charge in [-0.25, -0.2) is 10.2 Å². The van der Waals surface area contributed by atoms with Crippen LogP contribution < -0.4 is 5.43 Å². The fourth-order valence-corrected chi connectivity index (χ4v) is 2.65. The molecule has 1 aromatic carbocycles. The Labute approximate surface area is 120 Å². The van der Waals surface area contributed by atoms with Crippen LogP contribution in [0, 0.1) is 5.92 Å². The van der Waals surface area contributed by atoms with Gasteiger partial charge >= 0.3 is 6.09 Å². The molecule has 1 aromatic rings. The fourth-order valence-electron chi connectivity index (χ4n) is 2.65. The van der Waals surface area contributed by atoms with Gasteiger partial charge in [-0.15, -0.1) is 0 Å². The van der Waals surface area contributed by atoms with Gasteiger partial charge in [0, 0.05) is 5.92 Å². The summed E-state index contributed by atoms with van der Waals surface area (Å²) in [7, 11) is 0. The van der Waals surface area contributed by atoms with E-state index in [0.717, 1.165) is 24.1 Å². The molecule has 4 nitrogen and oxygen atoms in total. The second-order valence-electron chi connectivity index (χ2n) is 5.03. The minimum atomic E-state index is -0.489. The molecule has 1 amide bonds. The number of amides is 1. The largest absolute Gasteiger partial charge is 0.449 e. The van der Waals surface area contributed by atoms with E-state index in [1.54, 1.807) is 6.92 Å². The van der Waals surface area contributed by atoms with E-state index in [4.69, 9.17) is 4.74 Å². The van der Waals surface area contributed by atoms with Crippen molar-refractivity contribution in [3.05, 3.63) is 35.9 Å². The first-order valence-corrected chi connectivity index (χ1v) is 7.37. The molecule has 1 aliphatic rings. The Morgan fingerprint density at radius 2 is 1.95 bits per heavy atom. The van der Waals surface area contributed by atoms with Gasteiger partial charge in [-0.3, -0.25) is 0 Å². The van der Waals surface area contributed by atoms with Gasteiger partial charge < -0.3 is 4.74 Å². The van der Waals surface area contributed by atoms with Crippen LogP contribution in [0.4, 0.5) is 4.79 Å². The number of hydrogen-bond donors (Lipinski definition) is 1. The molecule has 108 valence electrons. The van der Waals surface area contributed by atoms with Gasteiger partial charge in [0.15, 0.2) is 0 Å². The molecule has 1 saturated carbocycles. The molecule has 0 aromatic heterocycles. The zero-order chi connectivity index (χ0) is 14.2. The van der Waals surface area contributed by atoms with Gasteiger partial charge in [-0.2, -0.15) is 5.10 Å². The zero-order valence-electron chi connectivity index (χ0n) is 12.0. The van der Waals surface area contributed by atoms with Crippen LogP contribution in [0.1, 0.15) is 44.6 Å². The number of carbonyl (C=O) groups is 1. The Morgan fingerprint density at radius 1 is 1.25 bits per heavy atom. The maximum Gasteiger partial charge on any atom is 0.427 e. The quantitative estimate of drug-likeness (QED) is 0.672. The molecule has 0 bridgehead atoms. The molecule has 0 unspecified atom stereocenters. The van der Waals surface area contributed by atoms with E-state index >= 15 is 0 Å². The minimum Gasteiger partial charge on any atom is -0.449 e. The van der Waals surface area contributed by atoms with Crippen molar-refractivity contribution < 1.29 is 9.53 Å². The van der Waals surface area contributed by atoms with Crippen molar-refractivity contribution in [3.8, 4) is 0 Å². The number of ether oxygens (including phenoxy) is 1. The summed E-state index contributed by atoms with van der Waals surface area (Å²) in [5.41, 5.74) is 4.56. The summed E-state index contributed by atoms with van der Waals surface area (Å²) in [4.78, 5) is 11.4. The van der Waals surface area contributed by atoms with E-state index < -0.39 is 6.09 Å². The van der Waals surface area contributed by atoms with Crippen LogP contribution in [0.25, 0.3) is 0 Å². The smallest absolute Gasteiger partial charge is 0.427 e. The molecule has 20 heavy (non-hydrogen) atoms. The maximum absolute atomic E-state index is 11.4. The van der Waals surface area contributed by atoms with Gasteiger partial charge in [0.05, 0.1) is 12.3 Å². The second-order valence-corrected chi connectivity index (χ2v) is 5.03. The van der Waals surface area contributed by atoms with E-state index in [9.17, 15) is 4.79 Å². The summed E-state index contributed by atoms with van der Waals surface area (Å²) in [5, 5.41) is 4.33. The summed E-state index contributed by atoms with van der Waals surface area (Å²) in [6, 6.07) is 10.1. The number of hydrazone groups is 1. The zero-order valence-corrected chi connectivity index (χ0v) is 12.0. The highest BCUT2D eigenvalue weighted by Gasteiger charge is 2.21. The van der Waals surface area contributed by atoms with Gasteiger partial charge in [0.2, 0.25) is 0 Å². The molecule has 0 radical (unpaired) electrons. The number of benzene rings is 1. The standard InChI is InChI=1S/C16H22N2O2/c1-2-20-16(19)18-17-15(13-9-5-3-6-10-13)14-11-7-4-8-12-14/h3,5-6,9-10,14H,2,4,7-8,11-12H2,1H3,(H,18,19)/b17-15+. The molecule has 0 heterocycles. The average molecular weight is 274 g/mol. The third kappa shape index (κ3) is 4.08. The van der Waals surface area contributed by atoms with E-state index in [0.29, 0.717) is 12.5 Å². The molecule has 2 rings (SSSR count). The van der Waals surface area contributed by atoms with E-state index in [1.165, 1.54) is 19.3 Å². The van der Waals surface area contributed by atoms with E-state index in [1.807, 2.05) is 30.3 Å². The normalized spacial score (nSPS) is 16.8. The van der Waals surface area contributed by atoms with Crippen molar-refractivity contribution in [2.75, 3.05) is 6.61 Å². The van der Waals surface area contributed by atoms with Crippen molar-refractivity contribution >= 4 is 11.8 Å². The van der Waals surface area contributed by atoms with Crippen molar-refractivity contribution in [1.29, 1.82) is 0 Å². The number of nitrogens with one attached hydrogen (secondary N) is 1. The van der Waals surface area contributed by atoms with Crippen LogP contribution in [0.15, 0.2) is 35.4 Å². The van der Waals surface area contributed by atoms with Crippen molar-refractivity contribution in [3.63, 3.8) is 0 Å². The van der Waals surface area contributed by atoms with Crippen molar-refractivity contribution in [2.45, 2.75) is 39.0 Å². The first-order chi connectivity index (χ1) is 9.81. The van der Waals surface area contributed by atoms with E-state index in [-0.39, 0.29) is 0 Å². The monoisotopic (exact) mass is 274 g/mol. The molecule has 0 atom stereocenters. The van der Waals surface area contributed by atoms with Crippen LogP contribution in [-0.4, -0.2) is 18.4 Å². The maximum atomic E-state index is 11.4. The Hall–Kier alpha value is -1.84. The summed E-state index contributed by atoms with van der Waals surface area (Å²) in [5.74, 6) is 0.424. The van der Waals surface area contributed by atoms with Crippen LogP contribution in [0.5, 0.6) is 0 Å². The van der Waals surface area contributed by atoms with Crippen LogP contribution in [-0.2, 0) is 4.74 Å². The molecule has 1 fully saturated rings. The Kier molecular flexibility index (Phi) is 5.59. The number of carbonyl (C=O) groups excluding carboxylic acids is 1. The predicted molar refractivity (Wildman–Crippen MR) is 79.7 cm³/mol. The molecule has 4 heteroatoms. The van der Waals surface area contributed by atoms with Crippen LogP contribution >= 0.6 is 0 Å². The second kappa shape index (κ2) is 7.68. The third-order valence-corrected chi connectivity index (χ3v) is 3.60. The summed E-state index contributed by atoms with van der Waals surface area (Å²) in [6.45, 7) is 2.13. The summed E-state index contributed by atoms with van der Waals surface area (Å²) < 4.78 is 4.86. The highest BCUT2D eigenvalue weighted by molar-refractivity contribution is 6.02. The molecular weight excluding hydrogens is 252 g/mol. The highest BCUT2D eigenvalue weighted by atomic mass is 16.5. The molecule has 0 aliphatic heterocycles. The number of hydrogen-bond acceptors (Lipinski definition) is 3. The molecule has 0 saturated heterocycles. The average Bonchev–Trinajstić information content (AvgIpc) is 2.50. The lowest BCUT2D eigenvalue weighted by Crippen LogP contribution is -2.25. The fraction of sp³-hybridized carbons (Fsp3) is 0.500. The number of rotatable bonds is 4. The van der Waals surface area contributed by atoms with Gasteiger partial charge in [-0.05, 0) is 25.3 Å². The molecular formula is C16H22N2O2. The van der Waals surface area contributed by atoms with Crippen molar-refractivity contribution in [1.82, 2.24) is 5.43 Å². The first-order valence-electron chi connectivity index (χ1n) is 7.37. The SMILES string of the molecule is CCOC(=O)N/N=C(\c1ccccc1)C1CCCCC1. The summed E-state index contributed by atoms with van der Waals surface area (Å²) in [6.07, 6.45) is 5.54. The molecule has 1 aliphatic carbocycles. The van der Waals surface area contributed by atoms with Gasteiger partial charge in [-0.1, -0.05) is 49.6 Å².